The molecule has 0 amide bonds. The van der Waals surface area contributed by atoms with E-state index in [4.69, 9.17) is 5.73 Å². The van der Waals surface area contributed by atoms with Crippen LogP contribution in [-0.4, -0.2) is 40.9 Å². The number of nitrogens with two attached hydrogens (primary N) is 1. The predicted octanol–water partition coefficient (Wildman–Crippen LogP) is 2.27. The second kappa shape index (κ2) is 6.48. The number of aryl methyl sites for hydroxylation is 1. The highest BCUT2D eigenvalue weighted by molar-refractivity contribution is 5.65. The summed E-state index contributed by atoms with van der Waals surface area (Å²) in [6.07, 6.45) is 2.55. The maximum atomic E-state index is 6.21. The van der Waals surface area contributed by atoms with E-state index >= 15 is 0 Å². The van der Waals surface area contributed by atoms with Gasteiger partial charge in [0.05, 0.1) is 11.4 Å². The number of hydrogen-bond acceptors (Lipinski definition) is 4. The number of nitrogens with one attached hydrogen (secondary N) is 1. The van der Waals surface area contributed by atoms with E-state index in [0.717, 1.165) is 29.7 Å². The molecule has 3 N–H and O–H groups in total. The standard InChI is InChI=1S/C15H29N5/c1-5-20-8-6-12(7-9-20)10-17-15-13(16)14(11(2)3)18-19(15)4/h11-12,17H,5-10,16H2,1-4H3. The summed E-state index contributed by atoms with van der Waals surface area (Å²) in [5.74, 6) is 2.09. The fourth-order valence-corrected chi connectivity index (χ4v) is 2.95. The van der Waals surface area contributed by atoms with E-state index in [2.05, 4.69) is 36.1 Å². The lowest BCUT2D eigenvalue weighted by molar-refractivity contribution is 0.198. The van der Waals surface area contributed by atoms with Crippen LogP contribution < -0.4 is 11.1 Å². The number of rotatable bonds is 5. The topological polar surface area (TPSA) is 59.1 Å². The summed E-state index contributed by atoms with van der Waals surface area (Å²) in [6, 6.07) is 0. The smallest absolute Gasteiger partial charge is 0.147 e. The zero-order chi connectivity index (χ0) is 14.7. The minimum absolute atomic E-state index is 0.365. The van der Waals surface area contributed by atoms with Crippen LogP contribution in [0.1, 0.15) is 45.2 Å². The fourth-order valence-electron chi connectivity index (χ4n) is 2.95. The molecule has 0 unspecified atom stereocenters. The van der Waals surface area contributed by atoms with E-state index in [1.54, 1.807) is 0 Å². The molecule has 1 aromatic heterocycles. The van der Waals surface area contributed by atoms with Crippen LogP contribution in [0.5, 0.6) is 0 Å². The Kier molecular flexibility index (Phi) is 4.91. The van der Waals surface area contributed by atoms with Gasteiger partial charge in [-0.2, -0.15) is 5.10 Å². The summed E-state index contributed by atoms with van der Waals surface area (Å²) in [4.78, 5) is 2.52. The molecule has 1 fully saturated rings. The molecule has 1 saturated heterocycles. The molecule has 0 saturated carbocycles. The Labute approximate surface area is 122 Å². The first kappa shape index (κ1) is 15.2. The molecule has 5 heteroatoms. The molecule has 114 valence electrons. The van der Waals surface area contributed by atoms with Gasteiger partial charge in [0.2, 0.25) is 0 Å². The van der Waals surface area contributed by atoms with Crippen LogP contribution in [0.15, 0.2) is 0 Å². The molecule has 5 nitrogen and oxygen atoms in total. The normalized spacial score (nSPS) is 17.9. The van der Waals surface area contributed by atoms with Crippen molar-refractivity contribution in [3.05, 3.63) is 5.69 Å². The summed E-state index contributed by atoms with van der Waals surface area (Å²) in [6.45, 7) is 11.1. The summed E-state index contributed by atoms with van der Waals surface area (Å²) >= 11 is 0. The quantitative estimate of drug-likeness (QED) is 0.868. The van der Waals surface area contributed by atoms with Gasteiger partial charge in [0, 0.05) is 13.6 Å². The van der Waals surface area contributed by atoms with Crippen molar-refractivity contribution in [1.29, 1.82) is 0 Å². The second-order valence-corrected chi connectivity index (χ2v) is 6.18. The molecule has 0 aromatic carbocycles. The van der Waals surface area contributed by atoms with Gasteiger partial charge in [0.1, 0.15) is 5.82 Å². The summed E-state index contributed by atoms with van der Waals surface area (Å²) in [7, 11) is 1.96. The van der Waals surface area contributed by atoms with Gasteiger partial charge in [-0.3, -0.25) is 4.68 Å². The average Bonchev–Trinajstić information content (AvgIpc) is 2.72. The lowest BCUT2D eigenvalue weighted by Crippen LogP contribution is -2.35. The Morgan fingerprint density at radius 1 is 1.35 bits per heavy atom. The number of hydrogen-bond donors (Lipinski definition) is 2. The summed E-state index contributed by atoms with van der Waals surface area (Å²) < 4.78 is 1.88. The molecule has 0 aliphatic carbocycles. The lowest BCUT2D eigenvalue weighted by Gasteiger charge is -2.31. The summed E-state index contributed by atoms with van der Waals surface area (Å²) in [5.41, 5.74) is 8.02. The molecule has 0 atom stereocenters. The van der Waals surface area contributed by atoms with E-state index in [1.165, 1.54) is 32.5 Å². The van der Waals surface area contributed by atoms with Gasteiger partial charge in [-0.1, -0.05) is 20.8 Å². The van der Waals surface area contributed by atoms with Gasteiger partial charge in [0.15, 0.2) is 0 Å². The fraction of sp³-hybridized carbons (Fsp3) is 0.800. The molecule has 0 radical (unpaired) electrons. The number of aromatic nitrogens is 2. The highest BCUT2D eigenvalue weighted by Gasteiger charge is 2.20. The Morgan fingerprint density at radius 2 is 2.00 bits per heavy atom. The lowest BCUT2D eigenvalue weighted by atomic mass is 9.97. The van der Waals surface area contributed by atoms with Crippen LogP contribution in [0.4, 0.5) is 11.5 Å². The molecule has 1 aliphatic rings. The van der Waals surface area contributed by atoms with Crippen LogP contribution in [0.25, 0.3) is 0 Å². The molecule has 0 spiro atoms. The van der Waals surface area contributed by atoms with Gasteiger partial charge in [-0.05, 0) is 44.3 Å². The molecular formula is C15H29N5. The van der Waals surface area contributed by atoms with E-state index in [0.29, 0.717) is 5.92 Å². The summed E-state index contributed by atoms with van der Waals surface area (Å²) in [5, 5.41) is 8.04. The van der Waals surface area contributed by atoms with Crippen LogP contribution in [-0.2, 0) is 7.05 Å². The van der Waals surface area contributed by atoms with Gasteiger partial charge in [-0.15, -0.1) is 0 Å². The molecule has 20 heavy (non-hydrogen) atoms. The number of anilines is 2. The van der Waals surface area contributed by atoms with Crippen molar-refractivity contribution in [3.63, 3.8) is 0 Å². The van der Waals surface area contributed by atoms with Crippen molar-refractivity contribution in [1.82, 2.24) is 14.7 Å². The van der Waals surface area contributed by atoms with Crippen molar-refractivity contribution >= 4 is 11.5 Å². The van der Waals surface area contributed by atoms with Crippen molar-refractivity contribution in [2.24, 2.45) is 13.0 Å². The Bertz CT molecular complexity index is 430. The van der Waals surface area contributed by atoms with Crippen molar-refractivity contribution in [3.8, 4) is 0 Å². The third-order valence-electron chi connectivity index (χ3n) is 4.37. The monoisotopic (exact) mass is 279 g/mol. The van der Waals surface area contributed by atoms with Crippen LogP contribution in [0.3, 0.4) is 0 Å². The van der Waals surface area contributed by atoms with Crippen molar-refractivity contribution in [2.75, 3.05) is 37.2 Å². The third-order valence-corrected chi connectivity index (χ3v) is 4.37. The van der Waals surface area contributed by atoms with Gasteiger partial charge >= 0.3 is 0 Å². The minimum atomic E-state index is 0.365. The molecule has 2 heterocycles. The first-order valence-corrected chi connectivity index (χ1v) is 7.81. The van der Waals surface area contributed by atoms with Gasteiger partial charge in [0.25, 0.3) is 0 Å². The average molecular weight is 279 g/mol. The maximum Gasteiger partial charge on any atom is 0.147 e. The van der Waals surface area contributed by atoms with Crippen LogP contribution in [0, 0.1) is 5.92 Å². The second-order valence-electron chi connectivity index (χ2n) is 6.18. The molecule has 0 bridgehead atoms. The highest BCUT2D eigenvalue weighted by atomic mass is 15.3. The minimum Gasteiger partial charge on any atom is -0.394 e. The third kappa shape index (κ3) is 3.26. The Balaban J connectivity index is 1.91. The Morgan fingerprint density at radius 3 is 2.50 bits per heavy atom. The van der Waals surface area contributed by atoms with Gasteiger partial charge < -0.3 is 16.0 Å². The SMILES string of the molecule is CCN1CCC(CNc2c(N)c(C(C)C)nn2C)CC1. The number of piperidine rings is 1. The van der Waals surface area contributed by atoms with Crippen molar-refractivity contribution in [2.45, 2.75) is 39.5 Å². The van der Waals surface area contributed by atoms with E-state index in [-0.39, 0.29) is 0 Å². The van der Waals surface area contributed by atoms with Crippen LogP contribution >= 0.6 is 0 Å². The number of likely N-dealkylation sites (tertiary alicyclic amines) is 1. The number of nitrogens with zero attached hydrogens (tertiary/aromatic N) is 3. The molecular weight excluding hydrogens is 250 g/mol. The molecule has 2 rings (SSSR count). The molecule has 1 aromatic rings. The molecule has 1 aliphatic heterocycles. The highest BCUT2D eigenvalue weighted by Crippen LogP contribution is 2.28. The first-order valence-electron chi connectivity index (χ1n) is 7.81. The first-order chi connectivity index (χ1) is 9.52. The largest absolute Gasteiger partial charge is 0.394 e. The van der Waals surface area contributed by atoms with Crippen LogP contribution in [0.2, 0.25) is 0 Å². The Hall–Kier alpha value is -1.23. The van der Waals surface area contributed by atoms with Crippen molar-refractivity contribution < 1.29 is 0 Å². The predicted molar refractivity (Wildman–Crippen MR) is 85.0 cm³/mol. The zero-order valence-corrected chi connectivity index (χ0v) is 13.3. The van der Waals surface area contributed by atoms with E-state index in [9.17, 15) is 0 Å². The van der Waals surface area contributed by atoms with E-state index in [1.807, 2.05) is 11.7 Å². The van der Waals surface area contributed by atoms with Gasteiger partial charge in [-0.25, -0.2) is 0 Å². The maximum absolute atomic E-state index is 6.21. The number of nitrogen functional groups attached to an aromatic ring is 1. The van der Waals surface area contributed by atoms with E-state index < -0.39 is 0 Å². The zero-order valence-electron chi connectivity index (χ0n) is 13.3.